The van der Waals surface area contributed by atoms with Gasteiger partial charge in [0.25, 0.3) is 0 Å². The highest BCUT2D eigenvalue weighted by atomic mass is 32.2. The van der Waals surface area contributed by atoms with Crippen LogP contribution in [0.25, 0.3) is 0 Å². The summed E-state index contributed by atoms with van der Waals surface area (Å²) in [5, 5.41) is 0. The Morgan fingerprint density at radius 1 is 1.29 bits per heavy atom. The molecule has 0 radical (unpaired) electrons. The fraction of sp³-hybridized carbons (Fsp3) is 0.538. The van der Waals surface area contributed by atoms with Crippen LogP contribution in [0.2, 0.25) is 0 Å². The predicted molar refractivity (Wildman–Crippen MR) is 76.5 cm³/mol. The fourth-order valence-corrected chi connectivity index (χ4v) is 2.09. The van der Waals surface area contributed by atoms with Gasteiger partial charge in [0.2, 0.25) is 0 Å². The molecule has 17 heavy (non-hydrogen) atoms. The quantitative estimate of drug-likeness (QED) is 0.716. The van der Waals surface area contributed by atoms with E-state index in [1.54, 1.807) is 11.8 Å². The third-order valence-corrected chi connectivity index (χ3v) is 3.53. The topological polar surface area (TPSA) is 55.3 Å². The Balaban J connectivity index is 2.34. The number of hydrogen-bond acceptors (Lipinski definition) is 4. The second-order valence-corrected chi connectivity index (χ2v) is 5.24. The molecule has 0 aliphatic rings. The molecular weight excluding hydrogens is 230 g/mol. The predicted octanol–water partition coefficient (Wildman–Crippen LogP) is 1.17. The van der Waals surface area contributed by atoms with Gasteiger partial charge in [0.05, 0.1) is 0 Å². The fourth-order valence-electron chi connectivity index (χ4n) is 1.68. The van der Waals surface area contributed by atoms with Crippen LogP contribution in [0.4, 0.5) is 0 Å². The van der Waals surface area contributed by atoms with Crippen molar-refractivity contribution in [2.75, 3.05) is 32.9 Å². The smallest absolute Gasteiger partial charge is 0.0292 e. The summed E-state index contributed by atoms with van der Waals surface area (Å²) in [4.78, 5) is 3.55. The van der Waals surface area contributed by atoms with Crippen LogP contribution in [0.1, 0.15) is 5.56 Å². The van der Waals surface area contributed by atoms with Crippen molar-refractivity contribution >= 4 is 11.8 Å². The summed E-state index contributed by atoms with van der Waals surface area (Å²) in [7, 11) is 2.09. The summed E-state index contributed by atoms with van der Waals surface area (Å²) in [5.41, 5.74) is 12.7. The number of likely N-dealkylation sites (N-methyl/N-ethyl adjacent to an activating group) is 1. The molecule has 0 fully saturated rings. The van der Waals surface area contributed by atoms with Crippen molar-refractivity contribution in [1.29, 1.82) is 0 Å². The number of rotatable bonds is 7. The third kappa shape index (κ3) is 5.55. The van der Waals surface area contributed by atoms with Crippen molar-refractivity contribution in [3.8, 4) is 0 Å². The standard InChI is InChI=1S/C13H23N3S/c1-16(10-12(15)9-14)8-7-11-3-5-13(17-2)6-4-11/h3-6,12H,7-10,14-15H2,1-2H3. The Morgan fingerprint density at radius 3 is 2.47 bits per heavy atom. The first-order valence-electron chi connectivity index (χ1n) is 5.93. The Morgan fingerprint density at radius 2 is 1.94 bits per heavy atom. The molecule has 1 rings (SSSR count). The Hall–Kier alpha value is -0.550. The Bertz CT molecular complexity index is 313. The normalized spacial score (nSPS) is 13.0. The molecule has 0 aromatic heterocycles. The maximum absolute atomic E-state index is 5.81. The zero-order chi connectivity index (χ0) is 12.7. The SMILES string of the molecule is CSc1ccc(CCN(C)CC(N)CN)cc1. The Labute approximate surface area is 109 Å². The number of nitrogens with two attached hydrogens (primary N) is 2. The largest absolute Gasteiger partial charge is 0.329 e. The lowest BCUT2D eigenvalue weighted by Gasteiger charge is -2.20. The van der Waals surface area contributed by atoms with Gasteiger partial charge in [-0.25, -0.2) is 0 Å². The van der Waals surface area contributed by atoms with Gasteiger partial charge < -0.3 is 16.4 Å². The van der Waals surface area contributed by atoms with E-state index in [9.17, 15) is 0 Å². The summed E-state index contributed by atoms with van der Waals surface area (Å²) in [6.07, 6.45) is 3.15. The van der Waals surface area contributed by atoms with Crippen molar-refractivity contribution in [2.24, 2.45) is 11.5 Å². The van der Waals surface area contributed by atoms with E-state index in [1.165, 1.54) is 10.5 Å². The van der Waals surface area contributed by atoms with Gasteiger partial charge in [-0.2, -0.15) is 0 Å². The number of benzene rings is 1. The van der Waals surface area contributed by atoms with E-state index in [0.29, 0.717) is 6.54 Å². The van der Waals surface area contributed by atoms with E-state index >= 15 is 0 Å². The molecule has 1 atom stereocenters. The molecule has 4 N–H and O–H groups in total. The van der Waals surface area contributed by atoms with Gasteiger partial charge >= 0.3 is 0 Å². The van der Waals surface area contributed by atoms with Gasteiger partial charge in [-0.05, 0) is 37.4 Å². The van der Waals surface area contributed by atoms with Crippen LogP contribution < -0.4 is 11.5 Å². The summed E-state index contributed by atoms with van der Waals surface area (Å²) >= 11 is 1.77. The van der Waals surface area contributed by atoms with Crippen LogP contribution in [-0.2, 0) is 6.42 Å². The summed E-state index contributed by atoms with van der Waals surface area (Å²) in [6.45, 7) is 2.43. The molecule has 0 saturated carbocycles. The minimum atomic E-state index is 0.0823. The second kappa shape index (κ2) is 7.71. The summed E-state index contributed by atoms with van der Waals surface area (Å²) in [5.74, 6) is 0. The molecule has 0 amide bonds. The van der Waals surface area contributed by atoms with E-state index in [-0.39, 0.29) is 6.04 Å². The van der Waals surface area contributed by atoms with Gasteiger partial charge in [0.1, 0.15) is 0 Å². The monoisotopic (exact) mass is 253 g/mol. The van der Waals surface area contributed by atoms with Crippen molar-refractivity contribution in [2.45, 2.75) is 17.4 Å². The highest BCUT2D eigenvalue weighted by Gasteiger charge is 2.04. The lowest BCUT2D eigenvalue weighted by molar-refractivity contribution is 0.316. The van der Waals surface area contributed by atoms with Gasteiger partial charge in [-0.3, -0.25) is 0 Å². The zero-order valence-electron chi connectivity index (χ0n) is 10.7. The molecule has 3 nitrogen and oxygen atoms in total. The molecule has 0 bridgehead atoms. The molecule has 1 unspecified atom stereocenters. The number of nitrogens with zero attached hydrogens (tertiary/aromatic N) is 1. The molecule has 96 valence electrons. The second-order valence-electron chi connectivity index (χ2n) is 4.36. The van der Waals surface area contributed by atoms with Crippen LogP contribution in [-0.4, -0.2) is 43.9 Å². The van der Waals surface area contributed by atoms with Crippen LogP contribution in [0.5, 0.6) is 0 Å². The molecule has 0 spiro atoms. The van der Waals surface area contributed by atoms with E-state index in [0.717, 1.165) is 19.5 Å². The van der Waals surface area contributed by atoms with E-state index in [2.05, 4.69) is 42.5 Å². The zero-order valence-corrected chi connectivity index (χ0v) is 11.5. The third-order valence-electron chi connectivity index (χ3n) is 2.79. The lowest BCUT2D eigenvalue weighted by Crippen LogP contribution is -2.41. The average molecular weight is 253 g/mol. The van der Waals surface area contributed by atoms with Crippen molar-refractivity contribution < 1.29 is 0 Å². The first kappa shape index (κ1) is 14.5. The van der Waals surface area contributed by atoms with Crippen LogP contribution >= 0.6 is 11.8 Å². The number of thioether (sulfide) groups is 1. The molecule has 0 aliphatic carbocycles. The highest BCUT2D eigenvalue weighted by molar-refractivity contribution is 7.98. The Kier molecular flexibility index (Phi) is 6.58. The van der Waals surface area contributed by atoms with E-state index in [4.69, 9.17) is 11.5 Å². The molecule has 4 heteroatoms. The highest BCUT2D eigenvalue weighted by Crippen LogP contribution is 2.15. The van der Waals surface area contributed by atoms with Gasteiger partial charge in [-0.15, -0.1) is 11.8 Å². The first-order valence-corrected chi connectivity index (χ1v) is 7.15. The molecule has 0 saturated heterocycles. The average Bonchev–Trinajstić information content (AvgIpc) is 2.36. The van der Waals surface area contributed by atoms with Crippen molar-refractivity contribution in [3.05, 3.63) is 29.8 Å². The minimum absolute atomic E-state index is 0.0823. The maximum Gasteiger partial charge on any atom is 0.0292 e. The van der Waals surface area contributed by atoms with Crippen LogP contribution in [0, 0.1) is 0 Å². The van der Waals surface area contributed by atoms with Crippen molar-refractivity contribution in [3.63, 3.8) is 0 Å². The number of hydrogen-bond donors (Lipinski definition) is 2. The van der Waals surface area contributed by atoms with Gasteiger partial charge in [-0.1, -0.05) is 12.1 Å². The lowest BCUT2D eigenvalue weighted by atomic mass is 10.1. The van der Waals surface area contributed by atoms with Gasteiger partial charge in [0.15, 0.2) is 0 Å². The molecule has 1 aromatic carbocycles. The molecular formula is C13H23N3S. The molecule has 1 aromatic rings. The minimum Gasteiger partial charge on any atom is -0.329 e. The molecule has 0 heterocycles. The summed E-state index contributed by atoms with van der Waals surface area (Å²) < 4.78 is 0. The van der Waals surface area contributed by atoms with Crippen molar-refractivity contribution in [1.82, 2.24) is 4.90 Å². The summed E-state index contributed by atoms with van der Waals surface area (Å²) in [6, 6.07) is 8.82. The maximum atomic E-state index is 5.81. The van der Waals surface area contributed by atoms with E-state index < -0.39 is 0 Å². The van der Waals surface area contributed by atoms with Crippen LogP contribution in [0.3, 0.4) is 0 Å². The van der Waals surface area contributed by atoms with Gasteiger partial charge in [0, 0.05) is 30.6 Å². The first-order chi connectivity index (χ1) is 8.15. The van der Waals surface area contributed by atoms with E-state index in [1.807, 2.05) is 0 Å². The molecule has 0 aliphatic heterocycles. The van der Waals surface area contributed by atoms with Crippen LogP contribution in [0.15, 0.2) is 29.2 Å².